The lowest BCUT2D eigenvalue weighted by Gasteiger charge is -2.43. The fourth-order valence-electron chi connectivity index (χ4n) is 3.56. The van der Waals surface area contributed by atoms with E-state index in [1.165, 1.54) is 38.5 Å². The molecule has 2 aliphatic carbocycles. The van der Waals surface area contributed by atoms with E-state index in [0.717, 1.165) is 23.7 Å². The summed E-state index contributed by atoms with van der Waals surface area (Å²) < 4.78 is 0. The molecule has 0 aromatic carbocycles. The maximum Gasteiger partial charge on any atom is -0.0358 e. The highest BCUT2D eigenvalue weighted by Gasteiger charge is 2.36. The van der Waals surface area contributed by atoms with Crippen LogP contribution in [0.1, 0.15) is 52.4 Å². The van der Waals surface area contributed by atoms with E-state index < -0.39 is 0 Å². The van der Waals surface area contributed by atoms with Crippen molar-refractivity contribution in [1.29, 1.82) is 0 Å². The third-order valence-corrected chi connectivity index (χ3v) is 4.41. The van der Waals surface area contributed by atoms with Crippen molar-refractivity contribution in [2.45, 2.75) is 52.4 Å². The second kappa shape index (κ2) is 3.40. The van der Waals surface area contributed by atoms with Crippen molar-refractivity contribution in [3.8, 4) is 0 Å². The van der Waals surface area contributed by atoms with Crippen LogP contribution in [0.25, 0.3) is 0 Å². The minimum absolute atomic E-state index is 1.03. The fourth-order valence-corrected chi connectivity index (χ4v) is 3.56. The zero-order valence-electron chi connectivity index (χ0n) is 8.55. The van der Waals surface area contributed by atoms with Crippen LogP contribution >= 0.6 is 0 Å². The number of hydrogen-bond acceptors (Lipinski definition) is 0. The average Bonchev–Trinajstić information content (AvgIpc) is 2.12. The van der Waals surface area contributed by atoms with Crippen molar-refractivity contribution in [3.63, 3.8) is 0 Å². The van der Waals surface area contributed by atoms with Gasteiger partial charge in [0.25, 0.3) is 0 Å². The molecule has 0 heteroatoms. The summed E-state index contributed by atoms with van der Waals surface area (Å²) in [5.74, 6) is 4.27. The molecule has 0 saturated heterocycles. The Hall–Kier alpha value is 0. The number of fused-ring (bicyclic) bond motifs is 1. The molecular weight excluding hydrogens is 144 g/mol. The molecule has 0 aliphatic heterocycles. The first-order chi connectivity index (χ1) is 5.79. The minimum Gasteiger partial charge on any atom is -0.0622 e. The zero-order chi connectivity index (χ0) is 8.55. The van der Waals surface area contributed by atoms with Crippen LogP contribution < -0.4 is 0 Å². The van der Waals surface area contributed by atoms with Gasteiger partial charge in [0.05, 0.1) is 0 Å². The summed E-state index contributed by atoms with van der Waals surface area (Å²) in [5, 5.41) is 0. The van der Waals surface area contributed by atoms with Crippen LogP contribution in [-0.4, -0.2) is 0 Å². The second-order valence-corrected chi connectivity index (χ2v) is 5.14. The van der Waals surface area contributed by atoms with Gasteiger partial charge in [-0.1, -0.05) is 39.5 Å². The van der Waals surface area contributed by atoms with Crippen LogP contribution in [0.15, 0.2) is 0 Å². The van der Waals surface area contributed by atoms with Crippen molar-refractivity contribution in [2.75, 3.05) is 0 Å². The molecular formula is C12H22. The molecule has 2 aliphatic rings. The molecule has 2 rings (SSSR count). The molecule has 2 saturated carbocycles. The van der Waals surface area contributed by atoms with Crippen LogP contribution in [0, 0.1) is 23.7 Å². The second-order valence-electron chi connectivity index (χ2n) is 5.14. The molecule has 2 fully saturated rings. The van der Waals surface area contributed by atoms with Gasteiger partial charge in [-0.3, -0.25) is 0 Å². The van der Waals surface area contributed by atoms with E-state index in [2.05, 4.69) is 13.8 Å². The zero-order valence-corrected chi connectivity index (χ0v) is 8.55. The van der Waals surface area contributed by atoms with Gasteiger partial charge in [-0.05, 0) is 36.5 Å². The van der Waals surface area contributed by atoms with E-state index in [9.17, 15) is 0 Å². The Morgan fingerprint density at radius 3 is 1.50 bits per heavy atom. The van der Waals surface area contributed by atoms with Crippen LogP contribution in [-0.2, 0) is 0 Å². The van der Waals surface area contributed by atoms with Gasteiger partial charge in [-0.2, -0.15) is 0 Å². The molecule has 0 spiro atoms. The van der Waals surface area contributed by atoms with Crippen LogP contribution in [0.3, 0.4) is 0 Å². The Balaban J connectivity index is 2.05. The van der Waals surface area contributed by atoms with Gasteiger partial charge in [0.1, 0.15) is 0 Å². The summed E-state index contributed by atoms with van der Waals surface area (Å²) in [6.45, 7) is 4.96. The molecule has 0 nitrogen and oxygen atoms in total. The van der Waals surface area contributed by atoms with E-state index in [1.807, 2.05) is 0 Å². The van der Waals surface area contributed by atoms with Gasteiger partial charge in [-0.15, -0.1) is 0 Å². The Labute approximate surface area is 76.7 Å². The topological polar surface area (TPSA) is 0 Å². The third kappa shape index (κ3) is 1.41. The number of rotatable bonds is 0. The largest absolute Gasteiger partial charge is 0.0622 e. The summed E-state index contributed by atoms with van der Waals surface area (Å²) in [5.41, 5.74) is 0. The first-order valence-electron chi connectivity index (χ1n) is 5.79. The molecule has 0 bridgehead atoms. The molecule has 4 atom stereocenters. The highest BCUT2D eigenvalue weighted by molar-refractivity contribution is 4.86. The maximum atomic E-state index is 2.48. The molecule has 2 unspecified atom stereocenters. The first kappa shape index (κ1) is 8.59. The summed E-state index contributed by atoms with van der Waals surface area (Å²) in [4.78, 5) is 0. The molecule has 0 radical (unpaired) electrons. The van der Waals surface area contributed by atoms with Crippen molar-refractivity contribution in [1.82, 2.24) is 0 Å². The van der Waals surface area contributed by atoms with Gasteiger partial charge in [0, 0.05) is 0 Å². The Bertz CT molecular complexity index is 132. The van der Waals surface area contributed by atoms with E-state index in [4.69, 9.17) is 0 Å². The monoisotopic (exact) mass is 166 g/mol. The molecule has 0 N–H and O–H groups in total. The van der Waals surface area contributed by atoms with Crippen LogP contribution in [0.5, 0.6) is 0 Å². The Morgan fingerprint density at radius 2 is 1.08 bits per heavy atom. The Morgan fingerprint density at radius 1 is 0.667 bits per heavy atom. The molecule has 0 amide bonds. The summed E-state index contributed by atoms with van der Waals surface area (Å²) >= 11 is 0. The minimum atomic E-state index is 1.03. The predicted octanol–water partition coefficient (Wildman–Crippen LogP) is 3.86. The average molecular weight is 166 g/mol. The summed E-state index contributed by atoms with van der Waals surface area (Å²) in [7, 11) is 0. The number of hydrogen-bond donors (Lipinski definition) is 0. The van der Waals surface area contributed by atoms with Crippen molar-refractivity contribution in [2.24, 2.45) is 23.7 Å². The van der Waals surface area contributed by atoms with Crippen LogP contribution in [0.2, 0.25) is 0 Å². The lowest BCUT2D eigenvalue weighted by molar-refractivity contribution is 0.0672. The quantitative estimate of drug-likeness (QED) is 0.512. The van der Waals surface area contributed by atoms with E-state index in [-0.39, 0.29) is 0 Å². The van der Waals surface area contributed by atoms with Crippen molar-refractivity contribution in [3.05, 3.63) is 0 Å². The predicted molar refractivity (Wildman–Crippen MR) is 53.0 cm³/mol. The van der Waals surface area contributed by atoms with Gasteiger partial charge >= 0.3 is 0 Å². The summed E-state index contributed by atoms with van der Waals surface area (Å²) in [6.07, 6.45) is 9.10. The molecule has 12 heavy (non-hydrogen) atoms. The fraction of sp³-hybridized carbons (Fsp3) is 1.00. The van der Waals surface area contributed by atoms with E-state index in [0.29, 0.717) is 0 Å². The maximum absolute atomic E-state index is 2.48. The Kier molecular flexibility index (Phi) is 2.43. The lowest BCUT2D eigenvalue weighted by Crippen LogP contribution is -2.34. The smallest absolute Gasteiger partial charge is 0.0358 e. The summed E-state index contributed by atoms with van der Waals surface area (Å²) in [6, 6.07) is 0. The first-order valence-corrected chi connectivity index (χ1v) is 5.79. The molecule has 0 heterocycles. The van der Waals surface area contributed by atoms with Gasteiger partial charge < -0.3 is 0 Å². The molecule has 0 aromatic heterocycles. The van der Waals surface area contributed by atoms with Gasteiger partial charge in [0.15, 0.2) is 0 Å². The van der Waals surface area contributed by atoms with Crippen molar-refractivity contribution < 1.29 is 0 Å². The molecule has 70 valence electrons. The van der Waals surface area contributed by atoms with Crippen molar-refractivity contribution >= 4 is 0 Å². The van der Waals surface area contributed by atoms with Gasteiger partial charge in [0.2, 0.25) is 0 Å². The van der Waals surface area contributed by atoms with E-state index in [1.54, 1.807) is 0 Å². The van der Waals surface area contributed by atoms with Gasteiger partial charge in [-0.25, -0.2) is 0 Å². The van der Waals surface area contributed by atoms with Crippen LogP contribution in [0.4, 0.5) is 0 Å². The third-order valence-electron chi connectivity index (χ3n) is 4.41. The highest BCUT2D eigenvalue weighted by Crippen LogP contribution is 2.46. The van der Waals surface area contributed by atoms with E-state index >= 15 is 0 Å². The lowest BCUT2D eigenvalue weighted by atomic mass is 9.62. The highest BCUT2D eigenvalue weighted by atomic mass is 14.4. The normalized spacial score (nSPS) is 48.5. The SMILES string of the molecule is C[C@H]1CC[C@H](C)C2CCCCC21. The molecule has 0 aromatic rings. The standard InChI is InChI=1S/C12H22/c1-9-7-8-10(2)12-6-4-3-5-11(9)12/h9-12H,3-8H2,1-2H3/t9-,10-,11?,12?/m0/s1.